The monoisotopic (exact) mass is 243 g/mol. The molecule has 1 aromatic carbocycles. The zero-order chi connectivity index (χ0) is 12.1. The molecule has 2 heteroatoms. The van der Waals surface area contributed by atoms with Crippen molar-refractivity contribution in [2.45, 2.75) is 18.4 Å². The molecule has 88 valence electrons. The fourth-order valence-corrected chi connectivity index (χ4v) is 2.84. The van der Waals surface area contributed by atoms with Crippen LogP contribution in [0.25, 0.3) is 0 Å². The van der Waals surface area contributed by atoms with E-state index in [1.54, 1.807) is 11.3 Å². The number of nitrogens with two attached hydrogens (primary N) is 1. The van der Waals surface area contributed by atoms with Crippen LogP contribution in [-0.4, -0.2) is 0 Å². The zero-order valence-electron chi connectivity index (χ0n) is 9.75. The maximum Gasteiger partial charge on any atom is 0.0462 e. The Hall–Kier alpha value is -1.38. The van der Waals surface area contributed by atoms with Crippen LogP contribution in [0, 0.1) is 0 Å². The van der Waals surface area contributed by atoms with Crippen molar-refractivity contribution in [1.29, 1.82) is 0 Å². The van der Waals surface area contributed by atoms with E-state index in [0.717, 1.165) is 6.42 Å². The van der Waals surface area contributed by atoms with Crippen LogP contribution in [0.3, 0.4) is 0 Å². The summed E-state index contributed by atoms with van der Waals surface area (Å²) in [6.07, 6.45) is 2.86. The van der Waals surface area contributed by atoms with E-state index in [-0.39, 0.29) is 6.04 Å². The van der Waals surface area contributed by atoms with Gasteiger partial charge in [0, 0.05) is 16.8 Å². The molecule has 0 aliphatic rings. The Labute approximate surface area is 107 Å². The third kappa shape index (κ3) is 2.84. The van der Waals surface area contributed by atoms with E-state index in [9.17, 15) is 0 Å². The number of benzene rings is 1. The van der Waals surface area contributed by atoms with Crippen molar-refractivity contribution in [3.8, 4) is 0 Å². The molecule has 2 rings (SSSR count). The number of thiophene rings is 1. The molecule has 0 fully saturated rings. The predicted molar refractivity (Wildman–Crippen MR) is 75.2 cm³/mol. The quantitative estimate of drug-likeness (QED) is 0.786. The number of hydrogen-bond acceptors (Lipinski definition) is 2. The molecule has 1 heterocycles. The lowest BCUT2D eigenvalue weighted by molar-refractivity contribution is 0.568. The molecule has 0 amide bonds. The zero-order valence-corrected chi connectivity index (χ0v) is 10.6. The van der Waals surface area contributed by atoms with Gasteiger partial charge in [-0.2, -0.15) is 0 Å². The van der Waals surface area contributed by atoms with Crippen LogP contribution in [-0.2, 0) is 0 Å². The molecule has 0 bridgehead atoms. The van der Waals surface area contributed by atoms with Gasteiger partial charge in [-0.1, -0.05) is 42.5 Å². The van der Waals surface area contributed by atoms with E-state index in [2.05, 4.69) is 48.4 Å². The molecule has 2 atom stereocenters. The van der Waals surface area contributed by atoms with Crippen LogP contribution >= 0.6 is 11.3 Å². The van der Waals surface area contributed by atoms with Crippen LogP contribution in [0.15, 0.2) is 60.5 Å². The summed E-state index contributed by atoms with van der Waals surface area (Å²) in [5, 5.41) is 2.07. The van der Waals surface area contributed by atoms with Gasteiger partial charge in [-0.15, -0.1) is 17.9 Å². The fraction of sp³-hybridized carbons (Fsp3) is 0.200. The van der Waals surface area contributed by atoms with Gasteiger partial charge >= 0.3 is 0 Å². The minimum atomic E-state index is 0.0513. The molecule has 0 aliphatic carbocycles. The van der Waals surface area contributed by atoms with Gasteiger partial charge in [0.25, 0.3) is 0 Å². The van der Waals surface area contributed by atoms with E-state index < -0.39 is 0 Å². The van der Waals surface area contributed by atoms with Crippen molar-refractivity contribution < 1.29 is 0 Å². The highest BCUT2D eigenvalue weighted by Gasteiger charge is 2.20. The van der Waals surface area contributed by atoms with E-state index in [1.165, 1.54) is 10.4 Å². The molecule has 2 aromatic rings. The Bertz CT molecular complexity index is 447. The Morgan fingerprint density at radius 1 is 1.18 bits per heavy atom. The summed E-state index contributed by atoms with van der Waals surface area (Å²) in [6, 6.07) is 14.6. The molecule has 0 radical (unpaired) electrons. The minimum absolute atomic E-state index is 0.0513. The van der Waals surface area contributed by atoms with Gasteiger partial charge in [0.05, 0.1) is 0 Å². The van der Waals surface area contributed by atoms with Crippen LogP contribution in [0.2, 0.25) is 0 Å². The first kappa shape index (κ1) is 12.1. The van der Waals surface area contributed by atoms with Crippen LogP contribution in [0.4, 0.5) is 0 Å². The molecular formula is C15H17NS. The summed E-state index contributed by atoms with van der Waals surface area (Å²) < 4.78 is 0. The maximum absolute atomic E-state index is 6.36. The van der Waals surface area contributed by atoms with Gasteiger partial charge in [-0.05, 0) is 23.4 Å². The first-order valence-corrected chi connectivity index (χ1v) is 6.65. The lowest BCUT2D eigenvalue weighted by atomic mass is 9.88. The Kier molecular flexibility index (Phi) is 4.13. The molecule has 17 heavy (non-hydrogen) atoms. The third-order valence-electron chi connectivity index (χ3n) is 2.95. The van der Waals surface area contributed by atoms with E-state index in [0.29, 0.717) is 5.92 Å². The molecule has 1 nitrogen and oxygen atoms in total. The molecule has 2 N–H and O–H groups in total. The van der Waals surface area contributed by atoms with Crippen molar-refractivity contribution in [1.82, 2.24) is 0 Å². The first-order valence-electron chi connectivity index (χ1n) is 5.77. The number of rotatable bonds is 5. The second-order valence-corrected chi connectivity index (χ2v) is 5.06. The lowest BCUT2D eigenvalue weighted by Crippen LogP contribution is -2.18. The summed E-state index contributed by atoms with van der Waals surface area (Å²) in [5.41, 5.74) is 7.65. The van der Waals surface area contributed by atoms with Crippen molar-refractivity contribution in [2.75, 3.05) is 0 Å². The van der Waals surface area contributed by atoms with Crippen LogP contribution in [0.1, 0.15) is 28.8 Å². The fourth-order valence-electron chi connectivity index (χ4n) is 2.05. The molecule has 1 aromatic heterocycles. The van der Waals surface area contributed by atoms with Crippen molar-refractivity contribution in [2.24, 2.45) is 5.73 Å². The minimum Gasteiger partial charge on any atom is -0.323 e. The second kappa shape index (κ2) is 5.80. The normalized spacial score (nSPS) is 14.2. The molecule has 0 saturated heterocycles. The summed E-state index contributed by atoms with van der Waals surface area (Å²) in [5.74, 6) is 0.312. The topological polar surface area (TPSA) is 26.0 Å². The highest BCUT2D eigenvalue weighted by molar-refractivity contribution is 7.10. The Balaban J connectivity index is 2.26. The average molecular weight is 243 g/mol. The number of allylic oxidation sites excluding steroid dienone is 1. The lowest BCUT2D eigenvalue weighted by Gasteiger charge is -2.22. The van der Waals surface area contributed by atoms with Crippen LogP contribution in [0.5, 0.6) is 0 Å². The van der Waals surface area contributed by atoms with Crippen molar-refractivity contribution in [3.63, 3.8) is 0 Å². The first-order chi connectivity index (χ1) is 8.33. The van der Waals surface area contributed by atoms with E-state index in [1.807, 2.05) is 12.1 Å². The van der Waals surface area contributed by atoms with E-state index in [4.69, 9.17) is 5.73 Å². The molecule has 2 unspecified atom stereocenters. The SMILES string of the molecule is C=CCC(c1ccccc1)C(N)c1cccs1. The standard InChI is InChI=1S/C15H17NS/c1-2-7-13(12-8-4-3-5-9-12)15(16)14-10-6-11-17-14/h2-6,8-11,13,15H,1,7,16H2. The smallest absolute Gasteiger partial charge is 0.0462 e. The Morgan fingerprint density at radius 2 is 1.94 bits per heavy atom. The third-order valence-corrected chi connectivity index (χ3v) is 3.93. The molecule has 0 saturated carbocycles. The summed E-state index contributed by atoms with van der Waals surface area (Å²) >= 11 is 1.72. The second-order valence-electron chi connectivity index (χ2n) is 4.08. The Morgan fingerprint density at radius 3 is 2.53 bits per heavy atom. The highest BCUT2D eigenvalue weighted by Crippen LogP contribution is 2.34. The predicted octanol–water partition coefficient (Wildman–Crippen LogP) is 4.11. The van der Waals surface area contributed by atoms with Gasteiger partial charge in [0.1, 0.15) is 0 Å². The van der Waals surface area contributed by atoms with Gasteiger partial charge in [0.2, 0.25) is 0 Å². The van der Waals surface area contributed by atoms with Gasteiger partial charge in [-0.25, -0.2) is 0 Å². The number of hydrogen-bond donors (Lipinski definition) is 1. The van der Waals surface area contributed by atoms with E-state index >= 15 is 0 Å². The summed E-state index contributed by atoms with van der Waals surface area (Å²) in [6.45, 7) is 3.84. The summed E-state index contributed by atoms with van der Waals surface area (Å²) in [4.78, 5) is 1.24. The van der Waals surface area contributed by atoms with Crippen LogP contribution < -0.4 is 5.73 Å². The van der Waals surface area contributed by atoms with Crippen molar-refractivity contribution in [3.05, 3.63) is 70.9 Å². The summed E-state index contributed by atoms with van der Waals surface area (Å²) in [7, 11) is 0. The molecule has 0 aliphatic heterocycles. The largest absolute Gasteiger partial charge is 0.323 e. The van der Waals surface area contributed by atoms with Crippen molar-refractivity contribution >= 4 is 11.3 Å². The van der Waals surface area contributed by atoms with Gasteiger partial charge in [-0.3, -0.25) is 0 Å². The average Bonchev–Trinajstić information content (AvgIpc) is 2.90. The molecular weight excluding hydrogens is 226 g/mol. The maximum atomic E-state index is 6.36. The van der Waals surface area contributed by atoms with Gasteiger partial charge < -0.3 is 5.73 Å². The van der Waals surface area contributed by atoms with Gasteiger partial charge in [0.15, 0.2) is 0 Å². The highest BCUT2D eigenvalue weighted by atomic mass is 32.1. The molecule has 0 spiro atoms.